The zero-order valence-corrected chi connectivity index (χ0v) is 21.4. The van der Waals surface area contributed by atoms with Gasteiger partial charge in [-0.05, 0) is 75.7 Å². The number of nitrogens with zero attached hydrogens (tertiary/aromatic N) is 1. The first-order valence-corrected chi connectivity index (χ1v) is 11.6. The number of carbonyl (C=O) groups is 4. The van der Waals surface area contributed by atoms with Gasteiger partial charge in [-0.1, -0.05) is 0 Å². The van der Waals surface area contributed by atoms with Gasteiger partial charge in [0.1, 0.15) is 12.3 Å². The van der Waals surface area contributed by atoms with Crippen molar-refractivity contribution >= 4 is 62.5 Å². The Labute approximate surface area is 213 Å². The normalized spacial score (nSPS) is 14.2. The molecule has 35 heavy (non-hydrogen) atoms. The summed E-state index contributed by atoms with van der Waals surface area (Å²) >= 11 is 4.08. The molecule has 0 unspecified atom stereocenters. The number of anilines is 1. The van der Waals surface area contributed by atoms with Crippen molar-refractivity contribution < 1.29 is 38.1 Å². The molecular formula is C23H21BrN2O8S. The second-order valence-corrected chi connectivity index (χ2v) is 8.79. The number of carbonyl (C=O) groups excluding carboxylic acids is 4. The molecule has 10 nitrogen and oxygen atoms in total. The lowest BCUT2D eigenvalue weighted by atomic mass is 10.2. The summed E-state index contributed by atoms with van der Waals surface area (Å²) in [6, 6.07) is 9.87. The number of halogens is 1. The van der Waals surface area contributed by atoms with Gasteiger partial charge >= 0.3 is 5.97 Å². The molecule has 0 aromatic heterocycles. The lowest BCUT2D eigenvalue weighted by molar-refractivity contribution is -0.143. The number of rotatable bonds is 9. The van der Waals surface area contributed by atoms with Crippen molar-refractivity contribution in [1.29, 1.82) is 0 Å². The van der Waals surface area contributed by atoms with Crippen LogP contribution >= 0.6 is 27.7 Å². The van der Waals surface area contributed by atoms with Gasteiger partial charge in [0, 0.05) is 5.69 Å². The summed E-state index contributed by atoms with van der Waals surface area (Å²) in [5, 5.41) is 2.08. The van der Waals surface area contributed by atoms with Crippen LogP contribution in [-0.4, -0.2) is 62.4 Å². The average Bonchev–Trinajstić information content (AvgIpc) is 3.10. The van der Waals surface area contributed by atoms with E-state index in [1.807, 2.05) is 0 Å². The van der Waals surface area contributed by atoms with Crippen molar-refractivity contribution in [2.45, 2.75) is 0 Å². The molecule has 0 bridgehead atoms. The molecule has 3 amide bonds. The number of hydrogen-bond acceptors (Lipinski definition) is 9. The van der Waals surface area contributed by atoms with E-state index in [9.17, 15) is 19.2 Å². The lowest BCUT2D eigenvalue weighted by Crippen LogP contribution is -2.36. The summed E-state index contributed by atoms with van der Waals surface area (Å²) in [4.78, 5) is 50.0. The molecule has 0 radical (unpaired) electrons. The molecule has 3 rings (SSSR count). The SMILES string of the molecule is COC(=O)COc1c(Br)cc(/C=C2/SC(=O)N(CC(=O)Nc3ccc(OC)cc3)C2=O)cc1OC. The Morgan fingerprint density at radius 3 is 2.43 bits per heavy atom. The van der Waals surface area contributed by atoms with Crippen molar-refractivity contribution in [1.82, 2.24) is 4.90 Å². The van der Waals surface area contributed by atoms with Crippen molar-refractivity contribution in [2.24, 2.45) is 0 Å². The van der Waals surface area contributed by atoms with E-state index >= 15 is 0 Å². The molecule has 0 aliphatic carbocycles. The van der Waals surface area contributed by atoms with E-state index in [2.05, 4.69) is 26.0 Å². The summed E-state index contributed by atoms with van der Waals surface area (Å²) in [7, 11) is 4.20. The van der Waals surface area contributed by atoms with Crippen LogP contribution in [0.25, 0.3) is 6.08 Å². The van der Waals surface area contributed by atoms with Crippen LogP contribution in [0.4, 0.5) is 10.5 Å². The maximum atomic E-state index is 12.8. The Balaban J connectivity index is 1.72. The number of thioether (sulfide) groups is 1. The Morgan fingerprint density at radius 1 is 1.09 bits per heavy atom. The highest BCUT2D eigenvalue weighted by Crippen LogP contribution is 2.39. The van der Waals surface area contributed by atoms with Crippen LogP contribution < -0.4 is 19.5 Å². The van der Waals surface area contributed by atoms with Crippen molar-refractivity contribution in [3.8, 4) is 17.2 Å². The number of hydrogen-bond donors (Lipinski definition) is 1. The van der Waals surface area contributed by atoms with Crippen LogP contribution in [0.2, 0.25) is 0 Å². The predicted molar refractivity (Wildman–Crippen MR) is 133 cm³/mol. The van der Waals surface area contributed by atoms with E-state index in [1.54, 1.807) is 36.4 Å². The minimum Gasteiger partial charge on any atom is -0.497 e. The summed E-state index contributed by atoms with van der Waals surface area (Å²) < 4.78 is 20.9. The molecule has 0 atom stereocenters. The Bertz CT molecular complexity index is 1180. The van der Waals surface area contributed by atoms with E-state index in [1.165, 1.54) is 27.4 Å². The second-order valence-electron chi connectivity index (χ2n) is 6.94. The molecule has 12 heteroatoms. The van der Waals surface area contributed by atoms with E-state index < -0.39 is 29.6 Å². The highest BCUT2D eigenvalue weighted by molar-refractivity contribution is 9.10. The van der Waals surface area contributed by atoms with Gasteiger partial charge in [0.05, 0.1) is 30.7 Å². The Morgan fingerprint density at radius 2 is 1.80 bits per heavy atom. The minimum absolute atomic E-state index is 0.143. The Kier molecular flexibility index (Phi) is 8.77. The number of imide groups is 1. The first kappa shape index (κ1) is 26.1. The van der Waals surface area contributed by atoms with Gasteiger partial charge in [0.2, 0.25) is 5.91 Å². The maximum absolute atomic E-state index is 12.8. The van der Waals surface area contributed by atoms with E-state index in [4.69, 9.17) is 14.2 Å². The fourth-order valence-electron chi connectivity index (χ4n) is 2.96. The monoisotopic (exact) mass is 564 g/mol. The van der Waals surface area contributed by atoms with E-state index in [0.29, 0.717) is 27.2 Å². The summed E-state index contributed by atoms with van der Waals surface area (Å²) in [6.07, 6.45) is 1.50. The van der Waals surface area contributed by atoms with Gasteiger partial charge in [-0.2, -0.15) is 0 Å². The second kappa shape index (κ2) is 11.8. The highest BCUT2D eigenvalue weighted by atomic mass is 79.9. The molecule has 1 aliphatic heterocycles. The molecule has 0 spiro atoms. The predicted octanol–water partition coefficient (Wildman–Crippen LogP) is 3.69. The average molecular weight is 565 g/mol. The van der Waals surface area contributed by atoms with Gasteiger partial charge in [-0.25, -0.2) is 4.79 Å². The summed E-state index contributed by atoms with van der Waals surface area (Å²) in [6.45, 7) is -0.746. The third-order valence-electron chi connectivity index (χ3n) is 4.66. The quantitative estimate of drug-likeness (QED) is 0.359. The Hall–Kier alpha value is -3.51. The van der Waals surface area contributed by atoms with Crippen LogP contribution in [-0.2, 0) is 19.1 Å². The highest BCUT2D eigenvalue weighted by Gasteiger charge is 2.36. The number of ether oxygens (including phenoxy) is 4. The zero-order valence-electron chi connectivity index (χ0n) is 19.0. The van der Waals surface area contributed by atoms with E-state index in [0.717, 1.165) is 16.7 Å². The van der Waals surface area contributed by atoms with Gasteiger partial charge in [-0.15, -0.1) is 0 Å². The fraction of sp³-hybridized carbons (Fsp3) is 0.217. The van der Waals surface area contributed by atoms with Gasteiger partial charge in [0.15, 0.2) is 18.1 Å². The summed E-state index contributed by atoms with van der Waals surface area (Å²) in [5.41, 5.74) is 1.04. The molecule has 2 aromatic carbocycles. The van der Waals surface area contributed by atoms with Crippen LogP contribution in [0.5, 0.6) is 17.2 Å². The fourth-order valence-corrected chi connectivity index (χ4v) is 4.37. The lowest BCUT2D eigenvalue weighted by Gasteiger charge is -2.13. The molecule has 1 saturated heterocycles. The first-order chi connectivity index (χ1) is 16.7. The molecular weight excluding hydrogens is 544 g/mol. The molecule has 1 N–H and O–H groups in total. The van der Waals surface area contributed by atoms with Crippen LogP contribution in [0.1, 0.15) is 5.56 Å². The maximum Gasteiger partial charge on any atom is 0.343 e. The van der Waals surface area contributed by atoms with Crippen molar-refractivity contribution in [3.05, 3.63) is 51.3 Å². The molecule has 1 aliphatic rings. The number of methoxy groups -OCH3 is 3. The van der Waals surface area contributed by atoms with Crippen LogP contribution in [0.3, 0.4) is 0 Å². The van der Waals surface area contributed by atoms with Gasteiger partial charge in [-0.3, -0.25) is 19.3 Å². The number of esters is 1. The molecule has 0 saturated carbocycles. The molecule has 184 valence electrons. The third kappa shape index (κ3) is 6.55. The third-order valence-corrected chi connectivity index (χ3v) is 6.16. The zero-order chi connectivity index (χ0) is 25.5. The first-order valence-electron chi connectivity index (χ1n) is 10.0. The minimum atomic E-state index is -0.592. The molecule has 1 heterocycles. The van der Waals surface area contributed by atoms with Crippen LogP contribution in [0, 0.1) is 0 Å². The molecule has 1 fully saturated rings. The van der Waals surface area contributed by atoms with Gasteiger partial charge in [0.25, 0.3) is 11.1 Å². The van der Waals surface area contributed by atoms with Crippen LogP contribution in [0.15, 0.2) is 45.8 Å². The standard InChI is InChI=1S/C23H21BrN2O8S/c1-31-15-6-4-14(5-7-15)25-19(27)11-26-22(29)18(35-23(26)30)10-13-8-16(24)21(17(9-13)32-2)34-12-20(28)33-3/h4-10H,11-12H2,1-3H3,(H,25,27)/b18-10+. The smallest absolute Gasteiger partial charge is 0.343 e. The van der Waals surface area contributed by atoms with E-state index in [-0.39, 0.29) is 17.3 Å². The number of amides is 3. The largest absolute Gasteiger partial charge is 0.497 e. The number of nitrogens with one attached hydrogen (secondary N) is 1. The van der Waals surface area contributed by atoms with Gasteiger partial charge < -0.3 is 24.3 Å². The topological polar surface area (TPSA) is 120 Å². The van der Waals surface area contributed by atoms with Crippen molar-refractivity contribution in [3.63, 3.8) is 0 Å². The van der Waals surface area contributed by atoms with Crippen molar-refractivity contribution in [2.75, 3.05) is 39.8 Å². The number of benzene rings is 2. The summed E-state index contributed by atoms with van der Waals surface area (Å²) in [5.74, 6) is -0.467. The molecule has 2 aromatic rings.